The fraction of sp³-hybridized carbons (Fsp3) is 0.600. The molecule has 1 fully saturated rings. The zero-order chi connectivity index (χ0) is 13.3. The summed E-state index contributed by atoms with van der Waals surface area (Å²) in [6.45, 7) is 2.74. The lowest BCUT2D eigenvalue weighted by atomic mass is 9.98. The third-order valence-electron chi connectivity index (χ3n) is 3.05. The Morgan fingerprint density at radius 1 is 1.56 bits per heavy atom. The zero-order valence-corrected chi connectivity index (χ0v) is 12.4. The van der Waals surface area contributed by atoms with Crippen LogP contribution in [0.2, 0.25) is 0 Å². The van der Waals surface area contributed by atoms with Crippen molar-refractivity contribution in [3.8, 4) is 0 Å². The third kappa shape index (κ3) is 2.71. The molecule has 1 saturated heterocycles. The number of piperidine rings is 1. The molecule has 8 heteroatoms. The first-order valence-electron chi connectivity index (χ1n) is 5.63. The van der Waals surface area contributed by atoms with E-state index in [9.17, 15) is 8.42 Å². The molecule has 0 amide bonds. The van der Waals surface area contributed by atoms with E-state index in [4.69, 9.17) is 18.0 Å². The molecule has 0 radical (unpaired) electrons. The molecule has 1 aliphatic heterocycles. The maximum atomic E-state index is 12.3. The van der Waals surface area contributed by atoms with Gasteiger partial charge in [-0.3, -0.25) is 0 Å². The fourth-order valence-electron chi connectivity index (χ4n) is 1.97. The van der Waals surface area contributed by atoms with Crippen LogP contribution in [-0.2, 0) is 10.0 Å². The van der Waals surface area contributed by atoms with E-state index in [2.05, 4.69) is 4.98 Å². The van der Waals surface area contributed by atoms with Crippen molar-refractivity contribution in [2.24, 2.45) is 11.7 Å². The normalized spacial score (nSPS) is 18.9. The second-order valence-electron chi connectivity index (χ2n) is 4.28. The van der Waals surface area contributed by atoms with Crippen LogP contribution in [0.25, 0.3) is 0 Å². The van der Waals surface area contributed by atoms with E-state index in [0.29, 0.717) is 35.1 Å². The lowest BCUT2D eigenvalue weighted by Crippen LogP contribution is -2.41. The summed E-state index contributed by atoms with van der Waals surface area (Å²) in [6.07, 6.45) is 2.83. The van der Waals surface area contributed by atoms with E-state index in [0.717, 1.165) is 5.01 Å². The minimum absolute atomic E-state index is 0.162. The first kappa shape index (κ1) is 13.9. The van der Waals surface area contributed by atoms with E-state index in [-0.39, 0.29) is 5.92 Å². The summed E-state index contributed by atoms with van der Waals surface area (Å²) < 4.78 is 26.4. The molecule has 2 rings (SSSR count). The maximum absolute atomic E-state index is 12.3. The Labute approximate surface area is 116 Å². The van der Waals surface area contributed by atoms with Crippen LogP contribution in [0.5, 0.6) is 0 Å². The van der Waals surface area contributed by atoms with Crippen LogP contribution >= 0.6 is 23.6 Å². The first-order chi connectivity index (χ1) is 8.41. The molecule has 0 saturated carbocycles. The second kappa shape index (κ2) is 5.20. The predicted molar refractivity (Wildman–Crippen MR) is 75.1 cm³/mol. The minimum atomic E-state index is -3.39. The molecule has 5 nitrogen and oxygen atoms in total. The van der Waals surface area contributed by atoms with Crippen molar-refractivity contribution in [3.63, 3.8) is 0 Å². The number of thiocarbonyl (C=S) groups is 1. The summed E-state index contributed by atoms with van der Waals surface area (Å²) in [6, 6.07) is 0. The van der Waals surface area contributed by atoms with E-state index in [1.165, 1.54) is 21.8 Å². The Balaban J connectivity index is 2.12. The molecule has 1 aliphatic rings. The summed E-state index contributed by atoms with van der Waals surface area (Å²) in [5, 5.41) is 0.756. The number of rotatable bonds is 3. The molecule has 18 heavy (non-hydrogen) atoms. The van der Waals surface area contributed by atoms with Crippen molar-refractivity contribution < 1.29 is 8.42 Å². The molecule has 0 spiro atoms. The van der Waals surface area contributed by atoms with E-state index < -0.39 is 10.0 Å². The first-order valence-corrected chi connectivity index (χ1v) is 8.29. The molecule has 2 N–H and O–H groups in total. The molecule has 0 unspecified atom stereocenters. The van der Waals surface area contributed by atoms with Gasteiger partial charge in [-0.05, 0) is 19.8 Å². The largest absolute Gasteiger partial charge is 0.393 e. The topological polar surface area (TPSA) is 76.3 Å². The number of hydrogen-bond acceptors (Lipinski definition) is 5. The highest BCUT2D eigenvalue weighted by atomic mass is 32.2. The van der Waals surface area contributed by atoms with Gasteiger partial charge in [0, 0.05) is 19.0 Å². The molecule has 0 atom stereocenters. The van der Waals surface area contributed by atoms with Gasteiger partial charge in [-0.2, -0.15) is 4.31 Å². The van der Waals surface area contributed by atoms with Crippen LogP contribution in [0.15, 0.2) is 10.4 Å². The van der Waals surface area contributed by atoms with E-state index >= 15 is 0 Å². The van der Waals surface area contributed by atoms with Gasteiger partial charge in [-0.25, -0.2) is 13.4 Å². The maximum Gasteiger partial charge on any atom is 0.254 e. The van der Waals surface area contributed by atoms with Crippen LogP contribution in [0.4, 0.5) is 0 Å². The molecular formula is C10H15N3O2S3. The van der Waals surface area contributed by atoms with Gasteiger partial charge in [0.1, 0.15) is 0 Å². The number of nitrogens with zero attached hydrogens (tertiary/aromatic N) is 2. The molecule has 1 aromatic rings. The SMILES string of the molecule is Cc1ncc(S(=O)(=O)N2CCC(C(N)=S)CC2)s1. The molecule has 1 aromatic heterocycles. The van der Waals surface area contributed by atoms with Gasteiger partial charge in [0.25, 0.3) is 10.0 Å². The van der Waals surface area contributed by atoms with E-state index in [1.54, 1.807) is 6.92 Å². The summed E-state index contributed by atoms with van der Waals surface area (Å²) >= 11 is 6.15. The Hall–Kier alpha value is -0.570. The van der Waals surface area contributed by atoms with Gasteiger partial charge in [-0.15, -0.1) is 11.3 Å². The number of aryl methyl sites for hydroxylation is 1. The third-order valence-corrected chi connectivity index (χ3v) is 6.63. The summed E-state index contributed by atoms with van der Waals surface area (Å²) in [4.78, 5) is 4.48. The van der Waals surface area contributed by atoms with Gasteiger partial charge in [0.15, 0.2) is 4.21 Å². The summed E-state index contributed by atoms with van der Waals surface area (Å²) in [5.74, 6) is 0.162. The predicted octanol–water partition coefficient (Wildman–Crippen LogP) is 1.14. The molecule has 0 aliphatic carbocycles. The van der Waals surface area contributed by atoms with Crippen LogP contribution in [0.3, 0.4) is 0 Å². The average Bonchev–Trinajstić information content (AvgIpc) is 2.76. The Kier molecular flexibility index (Phi) is 4.00. The number of nitrogens with two attached hydrogens (primary N) is 1. The quantitative estimate of drug-likeness (QED) is 0.847. The molecular weight excluding hydrogens is 290 g/mol. The van der Waals surface area contributed by atoms with Gasteiger partial charge in [0.05, 0.1) is 16.2 Å². The Morgan fingerprint density at radius 3 is 2.61 bits per heavy atom. The fourth-order valence-corrected chi connectivity index (χ4v) is 4.94. The van der Waals surface area contributed by atoms with Crippen molar-refractivity contribution >= 4 is 38.6 Å². The van der Waals surface area contributed by atoms with Gasteiger partial charge in [-0.1, -0.05) is 12.2 Å². The number of thiazole rings is 1. The van der Waals surface area contributed by atoms with Crippen molar-refractivity contribution in [3.05, 3.63) is 11.2 Å². The molecule has 0 bridgehead atoms. The van der Waals surface area contributed by atoms with Gasteiger partial charge < -0.3 is 5.73 Å². The highest BCUT2D eigenvalue weighted by Crippen LogP contribution is 2.26. The average molecular weight is 305 g/mol. The highest BCUT2D eigenvalue weighted by molar-refractivity contribution is 7.91. The van der Waals surface area contributed by atoms with Crippen molar-refractivity contribution in [1.29, 1.82) is 0 Å². The van der Waals surface area contributed by atoms with Crippen LogP contribution in [-0.4, -0.2) is 35.8 Å². The second-order valence-corrected chi connectivity index (χ2v) is 8.15. The number of aromatic nitrogens is 1. The standard InChI is InChI=1S/C10H15N3O2S3/c1-7-12-6-9(17-7)18(14,15)13-4-2-8(3-5-13)10(11)16/h6,8H,2-5H2,1H3,(H2,11,16). The molecule has 2 heterocycles. The summed E-state index contributed by atoms with van der Waals surface area (Å²) in [7, 11) is -3.39. The van der Waals surface area contributed by atoms with Crippen LogP contribution < -0.4 is 5.73 Å². The van der Waals surface area contributed by atoms with E-state index in [1.807, 2.05) is 0 Å². The highest BCUT2D eigenvalue weighted by Gasteiger charge is 2.31. The number of hydrogen-bond donors (Lipinski definition) is 1. The minimum Gasteiger partial charge on any atom is -0.393 e. The lowest BCUT2D eigenvalue weighted by molar-refractivity contribution is 0.317. The van der Waals surface area contributed by atoms with Crippen molar-refractivity contribution in [1.82, 2.24) is 9.29 Å². The molecule has 100 valence electrons. The van der Waals surface area contributed by atoms with Gasteiger partial charge in [0.2, 0.25) is 0 Å². The number of sulfonamides is 1. The molecule has 0 aromatic carbocycles. The Bertz CT molecular complexity index is 544. The van der Waals surface area contributed by atoms with Gasteiger partial charge >= 0.3 is 0 Å². The monoisotopic (exact) mass is 305 g/mol. The smallest absolute Gasteiger partial charge is 0.254 e. The lowest BCUT2D eigenvalue weighted by Gasteiger charge is -2.30. The Morgan fingerprint density at radius 2 is 2.17 bits per heavy atom. The van der Waals surface area contributed by atoms with Crippen molar-refractivity contribution in [2.45, 2.75) is 24.0 Å². The zero-order valence-electron chi connectivity index (χ0n) is 10.00. The van der Waals surface area contributed by atoms with Crippen molar-refractivity contribution in [2.75, 3.05) is 13.1 Å². The summed E-state index contributed by atoms with van der Waals surface area (Å²) in [5.41, 5.74) is 5.59. The van der Waals surface area contributed by atoms with Crippen LogP contribution in [0.1, 0.15) is 17.8 Å². The van der Waals surface area contributed by atoms with Crippen LogP contribution in [0, 0.1) is 12.8 Å².